The lowest BCUT2D eigenvalue weighted by molar-refractivity contribution is 0.102. The number of nitrogens with zero attached hydrogens (tertiary/aromatic N) is 2. The van der Waals surface area contributed by atoms with E-state index in [1.165, 1.54) is 6.07 Å². The highest BCUT2D eigenvalue weighted by atomic mass is 32.1. The van der Waals surface area contributed by atoms with Gasteiger partial charge >= 0.3 is 6.09 Å². The third-order valence-electron chi connectivity index (χ3n) is 5.98. The summed E-state index contributed by atoms with van der Waals surface area (Å²) in [5, 5.41) is 22.4. The van der Waals surface area contributed by atoms with Crippen LogP contribution in [-0.4, -0.2) is 38.3 Å². The lowest BCUT2D eigenvalue weighted by atomic mass is 9.94. The number of nitrogens with one attached hydrogen (secondary N) is 5. The summed E-state index contributed by atoms with van der Waals surface area (Å²) in [6.45, 7) is 5.10. The minimum atomic E-state index is -1.03. The van der Waals surface area contributed by atoms with Crippen LogP contribution in [0, 0.1) is 12.7 Å². The molecule has 204 valence electrons. The van der Waals surface area contributed by atoms with Gasteiger partial charge in [0.2, 0.25) is 0 Å². The Morgan fingerprint density at radius 1 is 0.950 bits per heavy atom. The van der Waals surface area contributed by atoms with Crippen LogP contribution in [0.5, 0.6) is 5.06 Å². The number of hydrogen-bond acceptors (Lipinski definition) is 7. The van der Waals surface area contributed by atoms with E-state index in [1.54, 1.807) is 75.4 Å². The maximum atomic E-state index is 14.2. The summed E-state index contributed by atoms with van der Waals surface area (Å²) >= 11 is 1.11. The normalized spacial score (nSPS) is 11.3. The highest BCUT2D eigenvalue weighted by Gasteiger charge is 2.27. The summed E-state index contributed by atoms with van der Waals surface area (Å²) in [5.41, 5.74) is 0.704. The minimum absolute atomic E-state index is 0.189. The molecule has 3 aromatic heterocycles. The summed E-state index contributed by atoms with van der Waals surface area (Å²) in [7, 11) is 0. The Morgan fingerprint density at radius 2 is 1.70 bits per heavy atom. The lowest BCUT2D eigenvalue weighted by Crippen LogP contribution is -2.43. The molecule has 3 amide bonds. The molecule has 0 aliphatic rings. The van der Waals surface area contributed by atoms with Gasteiger partial charge in [-0.2, -0.15) is 10.2 Å². The molecule has 3 heterocycles. The quantitative estimate of drug-likeness (QED) is 0.181. The largest absolute Gasteiger partial charge is 0.414 e. The first-order valence-electron chi connectivity index (χ1n) is 12.1. The van der Waals surface area contributed by atoms with Crippen LogP contribution >= 0.6 is 11.3 Å². The maximum Gasteiger partial charge on any atom is 0.414 e. The third kappa shape index (κ3) is 5.54. The predicted molar refractivity (Wildman–Crippen MR) is 148 cm³/mol. The lowest BCUT2D eigenvalue weighted by Gasteiger charge is -2.26. The molecule has 5 N–H and O–H groups in total. The average molecular weight is 562 g/mol. The van der Waals surface area contributed by atoms with Crippen LogP contribution in [0.25, 0.3) is 10.2 Å². The number of rotatable bonds is 7. The summed E-state index contributed by atoms with van der Waals surface area (Å²) < 4.78 is 19.7. The van der Waals surface area contributed by atoms with Crippen molar-refractivity contribution in [2.24, 2.45) is 0 Å². The minimum Gasteiger partial charge on any atom is -0.399 e. The highest BCUT2D eigenvalue weighted by Crippen LogP contribution is 2.35. The number of carbonyl (C=O) groups excluding carboxylic acids is 3. The van der Waals surface area contributed by atoms with E-state index < -0.39 is 29.3 Å². The van der Waals surface area contributed by atoms with E-state index in [4.69, 9.17) is 4.74 Å². The van der Waals surface area contributed by atoms with Gasteiger partial charge in [0.25, 0.3) is 11.8 Å². The van der Waals surface area contributed by atoms with Gasteiger partial charge in [0.15, 0.2) is 16.6 Å². The van der Waals surface area contributed by atoms with Gasteiger partial charge in [-0.15, -0.1) is 0 Å². The zero-order valence-electron chi connectivity index (χ0n) is 21.6. The highest BCUT2D eigenvalue weighted by molar-refractivity contribution is 7.20. The first kappa shape index (κ1) is 26.6. The van der Waals surface area contributed by atoms with Crippen LogP contribution in [0.2, 0.25) is 0 Å². The number of amides is 3. The molecule has 0 unspecified atom stereocenters. The Hall–Kier alpha value is -5.04. The molecule has 0 spiro atoms. The van der Waals surface area contributed by atoms with Crippen LogP contribution in [0.15, 0.2) is 60.7 Å². The Balaban J connectivity index is 1.28. The second-order valence-electron chi connectivity index (χ2n) is 9.39. The smallest absolute Gasteiger partial charge is 0.399 e. The fourth-order valence-corrected chi connectivity index (χ4v) is 4.89. The second-order valence-corrected chi connectivity index (χ2v) is 10.4. The molecular formula is C27H24FN7O4S. The van der Waals surface area contributed by atoms with E-state index in [-0.39, 0.29) is 22.1 Å². The van der Waals surface area contributed by atoms with Crippen LogP contribution in [0.3, 0.4) is 0 Å². The number of carbonyl (C=O) groups is 3. The van der Waals surface area contributed by atoms with E-state index in [9.17, 15) is 18.8 Å². The molecule has 5 aromatic rings. The summed E-state index contributed by atoms with van der Waals surface area (Å²) in [6, 6.07) is 15.8. The number of para-hydroxylation sites is 1. The zero-order valence-corrected chi connectivity index (χ0v) is 22.4. The Labute approximate surface area is 231 Å². The number of H-pyrrole nitrogens is 2. The number of thiophene rings is 1. The van der Waals surface area contributed by atoms with Gasteiger partial charge in [-0.3, -0.25) is 19.8 Å². The van der Waals surface area contributed by atoms with Crippen molar-refractivity contribution in [1.82, 2.24) is 25.7 Å². The van der Waals surface area contributed by atoms with Crippen LogP contribution in [0.4, 0.5) is 20.7 Å². The SMILES string of the molecule is Cc1cc(C(=O)Nc2ccccc2C(=O)Nc2n[nH]c3sc(OC(=O)NC(C)(C)c4ccccc4F)cc23)n[nH]1. The van der Waals surface area contributed by atoms with Crippen molar-refractivity contribution in [3.63, 3.8) is 0 Å². The molecule has 0 fully saturated rings. The Bertz CT molecular complexity index is 1740. The zero-order chi connectivity index (χ0) is 28.4. The van der Waals surface area contributed by atoms with Crippen molar-refractivity contribution in [1.29, 1.82) is 0 Å². The monoisotopic (exact) mass is 561 g/mol. The molecule has 0 aliphatic heterocycles. The van der Waals surface area contributed by atoms with E-state index in [0.717, 1.165) is 17.0 Å². The molecule has 0 bridgehead atoms. The molecule has 0 saturated carbocycles. The number of fused-ring (bicyclic) bond motifs is 1. The van der Waals surface area contributed by atoms with Gasteiger partial charge in [0, 0.05) is 17.3 Å². The molecule has 40 heavy (non-hydrogen) atoms. The summed E-state index contributed by atoms with van der Waals surface area (Å²) in [4.78, 5) is 38.9. The number of ether oxygens (including phenoxy) is 1. The van der Waals surface area contributed by atoms with Crippen molar-refractivity contribution in [3.8, 4) is 5.06 Å². The number of aromatic nitrogens is 4. The van der Waals surface area contributed by atoms with Gasteiger partial charge in [-0.1, -0.05) is 41.7 Å². The molecular weight excluding hydrogens is 537 g/mol. The van der Waals surface area contributed by atoms with Gasteiger partial charge in [0.1, 0.15) is 10.6 Å². The van der Waals surface area contributed by atoms with Crippen LogP contribution < -0.4 is 20.7 Å². The van der Waals surface area contributed by atoms with Gasteiger partial charge in [0.05, 0.1) is 22.2 Å². The van der Waals surface area contributed by atoms with E-state index in [1.807, 2.05) is 0 Å². The van der Waals surface area contributed by atoms with Crippen molar-refractivity contribution < 1.29 is 23.5 Å². The number of anilines is 2. The van der Waals surface area contributed by atoms with Crippen LogP contribution in [-0.2, 0) is 5.54 Å². The molecule has 0 radical (unpaired) electrons. The Morgan fingerprint density at radius 3 is 2.45 bits per heavy atom. The molecule has 11 nitrogen and oxygen atoms in total. The first-order valence-corrected chi connectivity index (χ1v) is 12.9. The average Bonchev–Trinajstić information content (AvgIpc) is 3.61. The molecule has 0 aliphatic carbocycles. The number of hydrogen-bond donors (Lipinski definition) is 5. The van der Waals surface area contributed by atoms with E-state index in [2.05, 4.69) is 36.3 Å². The fraction of sp³-hybridized carbons (Fsp3) is 0.148. The molecule has 5 rings (SSSR count). The Kier molecular flexibility index (Phi) is 7.05. The summed E-state index contributed by atoms with van der Waals surface area (Å²) in [5.74, 6) is -1.22. The van der Waals surface area contributed by atoms with Crippen LogP contribution in [0.1, 0.15) is 46.0 Å². The standard InChI is InChI=1S/C27H24FN7O4S/c1-14-12-20(33-32-14)24(37)29-19-11-7-4-8-15(19)23(36)30-22-16-13-21(40-25(16)35-34-22)39-26(38)31-27(2,3)17-9-5-6-10-18(17)28/h4-13H,1-3H3,(H,29,37)(H,31,38)(H,32,33)(H2,30,34,35,36). The maximum absolute atomic E-state index is 14.2. The number of aromatic amines is 2. The third-order valence-corrected chi connectivity index (χ3v) is 6.90. The molecule has 0 atom stereocenters. The summed E-state index contributed by atoms with van der Waals surface area (Å²) in [6.07, 6.45) is -0.771. The molecule has 13 heteroatoms. The predicted octanol–water partition coefficient (Wildman–Crippen LogP) is 5.32. The van der Waals surface area contributed by atoms with E-state index >= 15 is 0 Å². The fourth-order valence-electron chi connectivity index (χ4n) is 4.03. The van der Waals surface area contributed by atoms with Crippen molar-refractivity contribution in [2.45, 2.75) is 26.3 Å². The number of aryl methyl sites for hydroxylation is 1. The van der Waals surface area contributed by atoms with E-state index in [0.29, 0.717) is 21.5 Å². The van der Waals surface area contributed by atoms with Gasteiger partial charge in [-0.05, 0) is 45.0 Å². The van der Waals surface area contributed by atoms with Gasteiger partial charge in [-0.25, -0.2) is 9.18 Å². The second kappa shape index (κ2) is 10.6. The van der Waals surface area contributed by atoms with Crippen molar-refractivity contribution in [2.75, 3.05) is 10.6 Å². The number of benzene rings is 2. The molecule has 2 aromatic carbocycles. The number of halogens is 1. The van der Waals surface area contributed by atoms with Gasteiger partial charge < -0.3 is 20.7 Å². The molecule has 0 saturated heterocycles. The van der Waals surface area contributed by atoms with Crippen molar-refractivity contribution in [3.05, 3.63) is 89.0 Å². The first-order chi connectivity index (χ1) is 19.1. The van der Waals surface area contributed by atoms with Crippen molar-refractivity contribution >= 4 is 51.0 Å². The topological polar surface area (TPSA) is 154 Å².